The molecule has 1 aromatic rings. The van der Waals surface area contributed by atoms with Crippen molar-refractivity contribution < 1.29 is 9.59 Å². The predicted molar refractivity (Wildman–Crippen MR) is 94.7 cm³/mol. The molecule has 0 radical (unpaired) electrons. The third kappa shape index (κ3) is 6.04. The molecule has 128 valence electrons. The highest BCUT2D eigenvalue weighted by molar-refractivity contribution is 6.35. The first-order valence-corrected chi connectivity index (χ1v) is 8.67. The van der Waals surface area contributed by atoms with Crippen LogP contribution in [0.25, 0.3) is 0 Å². The summed E-state index contributed by atoms with van der Waals surface area (Å²) in [5.41, 5.74) is 0.774. The number of carbonyl (C=O) groups excluding carboxylic acids is 2. The van der Waals surface area contributed by atoms with Gasteiger partial charge in [-0.3, -0.25) is 9.59 Å². The van der Waals surface area contributed by atoms with Crippen LogP contribution in [0.15, 0.2) is 18.2 Å². The number of halogens is 2. The van der Waals surface area contributed by atoms with Gasteiger partial charge in [0.1, 0.15) is 6.04 Å². The molecule has 23 heavy (non-hydrogen) atoms. The van der Waals surface area contributed by atoms with Crippen LogP contribution in [0.3, 0.4) is 0 Å². The lowest BCUT2D eigenvalue weighted by molar-refractivity contribution is -0.140. The average Bonchev–Trinajstić information content (AvgIpc) is 2.51. The van der Waals surface area contributed by atoms with Gasteiger partial charge in [-0.1, -0.05) is 43.1 Å². The summed E-state index contributed by atoms with van der Waals surface area (Å²) in [5.74, 6) is -0.209. The fourth-order valence-electron chi connectivity index (χ4n) is 2.17. The molecule has 1 N–H and O–H groups in total. The first kappa shape index (κ1) is 19.8. The van der Waals surface area contributed by atoms with Gasteiger partial charge in [0.25, 0.3) is 0 Å². The summed E-state index contributed by atoms with van der Waals surface area (Å²) in [5, 5.41) is 3.87. The summed E-state index contributed by atoms with van der Waals surface area (Å²) in [6, 6.07) is 4.61. The molecule has 1 rings (SSSR count). The number of hydrogen-bond donors (Lipinski definition) is 1. The maximum absolute atomic E-state index is 12.4. The maximum atomic E-state index is 12.4. The molecule has 2 amide bonds. The van der Waals surface area contributed by atoms with Crippen molar-refractivity contribution in [1.82, 2.24) is 10.2 Å². The Balaban J connectivity index is 2.95. The zero-order valence-corrected chi connectivity index (χ0v) is 15.4. The number of nitrogens with one attached hydrogen (secondary N) is 1. The highest BCUT2D eigenvalue weighted by Crippen LogP contribution is 2.23. The monoisotopic (exact) mass is 358 g/mol. The molecule has 0 aromatic heterocycles. The Labute approximate surface area is 148 Å². The molecule has 6 heteroatoms. The highest BCUT2D eigenvalue weighted by atomic mass is 35.5. The smallest absolute Gasteiger partial charge is 0.242 e. The molecule has 0 saturated carbocycles. The van der Waals surface area contributed by atoms with Crippen molar-refractivity contribution in [2.75, 3.05) is 6.54 Å². The van der Waals surface area contributed by atoms with Gasteiger partial charge < -0.3 is 10.2 Å². The SMILES string of the molecule is CCCNC(=O)C(C)N(Cc1ccc(Cl)cc1Cl)C(=O)CCC. The molecule has 0 heterocycles. The number of rotatable bonds is 8. The highest BCUT2D eigenvalue weighted by Gasteiger charge is 2.25. The number of nitrogens with zero attached hydrogens (tertiary/aromatic N) is 1. The number of hydrogen-bond acceptors (Lipinski definition) is 2. The Morgan fingerprint density at radius 1 is 1.22 bits per heavy atom. The van der Waals surface area contributed by atoms with E-state index in [9.17, 15) is 9.59 Å². The second-order valence-electron chi connectivity index (χ2n) is 5.47. The van der Waals surface area contributed by atoms with E-state index in [0.717, 1.165) is 18.4 Å². The van der Waals surface area contributed by atoms with E-state index in [2.05, 4.69) is 5.32 Å². The lowest BCUT2D eigenvalue weighted by Crippen LogP contribution is -2.47. The largest absolute Gasteiger partial charge is 0.354 e. The normalized spacial score (nSPS) is 11.9. The third-order valence-corrected chi connectivity index (χ3v) is 4.12. The molecule has 0 aliphatic rings. The van der Waals surface area contributed by atoms with Crippen molar-refractivity contribution >= 4 is 35.0 Å². The van der Waals surface area contributed by atoms with Crippen molar-refractivity contribution in [3.8, 4) is 0 Å². The van der Waals surface area contributed by atoms with Gasteiger partial charge in [0, 0.05) is 29.6 Å². The summed E-state index contributed by atoms with van der Waals surface area (Å²) in [6.07, 6.45) is 1.98. The van der Waals surface area contributed by atoms with Crippen LogP contribution in [0, 0.1) is 0 Å². The van der Waals surface area contributed by atoms with Gasteiger partial charge in [0.15, 0.2) is 0 Å². The van der Waals surface area contributed by atoms with Crippen LogP contribution in [0.4, 0.5) is 0 Å². The van der Waals surface area contributed by atoms with Gasteiger partial charge in [-0.25, -0.2) is 0 Å². The van der Waals surface area contributed by atoms with E-state index < -0.39 is 6.04 Å². The molecule has 1 aromatic carbocycles. The standard InChI is InChI=1S/C17H24Cl2N2O2/c1-4-6-16(22)21(12(3)17(23)20-9-5-2)11-13-7-8-14(18)10-15(13)19/h7-8,10,12H,4-6,9,11H2,1-3H3,(H,20,23). The first-order chi connectivity index (χ1) is 10.9. The van der Waals surface area contributed by atoms with Crippen molar-refractivity contribution in [2.45, 2.75) is 52.6 Å². The van der Waals surface area contributed by atoms with E-state index in [1.807, 2.05) is 13.8 Å². The molecule has 4 nitrogen and oxygen atoms in total. The van der Waals surface area contributed by atoms with Crippen LogP contribution >= 0.6 is 23.2 Å². The topological polar surface area (TPSA) is 49.4 Å². The van der Waals surface area contributed by atoms with E-state index >= 15 is 0 Å². The molecule has 0 aliphatic heterocycles. The molecular weight excluding hydrogens is 335 g/mol. The lowest BCUT2D eigenvalue weighted by Gasteiger charge is -2.29. The van der Waals surface area contributed by atoms with Crippen molar-refractivity contribution in [2.24, 2.45) is 0 Å². The van der Waals surface area contributed by atoms with E-state index in [1.54, 1.807) is 30.0 Å². The van der Waals surface area contributed by atoms with Crippen molar-refractivity contribution in [3.63, 3.8) is 0 Å². The molecule has 0 bridgehead atoms. The zero-order chi connectivity index (χ0) is 17.4. The van der Waals surface area contributed by atoms with Crippen LogP contribution in [-0.2, 0) is 16.1 Å². The van der Waals surface area contributed by atoms with Gasteiger partial charge in [-0.15, -0.1) is 0 Å². The second-order valence-corrected chi connectivity index (χ2v) is 6.32. The Morgan fingerprint density at radius 3 is 2.48 bits per heavy atom. The summed E-state index contributed by atoms with van der Waals surface area (Å²) in [6.45, 7) is 6.55. The Morgan fingerprint density at radius 2 is 1.91 bits per heavy atom. The van der Waals surface area contributed by atoms with Crippen LogP contribution in [0.2, 0.25) is 10.0 Å². The van der Waals surface area contributed by atoms with E-state index in [-0.39, 0.29) is 18.4 Å². The maximum Gasteiger partial charge on any atom is 0.242 e. The first-order valence-electron chi connectivity index (χ1n) is 7.91. The van der Waals surface area contributed by atoms with Gasteiger partial charge >= 0.3 is 0 Å². The lowest BCUT2D eigenvalue weighted by atomic mass is 10.1. The van der Waals surface area contributed by atoms with Crippen LogP contribution in [-0.4, -0.2) is 29.3 Å². The predicted octanol–water partition coefficient (Wildman–Crippen LogP) is 4.04. The van der Waals surface area contributed by atoms with Gasteiger partial charge in [-0.2, -0.15) is 0 Å². The minimum atomic E-state index is -0.549. The number of benzene rings is 1. The summed E-state index contributed by atoms with van der Waals surface area (Å²) < 4.78 is 0. The van der Waals surface area contributed by atoms with Crippen LogP contribution in [0.5, 0.6) is 0 Å². The zero-order valence-electron chi connectivity index (χ0n) is 13.9. The third-order valence-electron chi connectivity index (χ3n) is 3.54. The second kappa shape index (κ2) is 9.78. The Hall–Kier alpha value is -1.26. The van der Waals surface area contributed by atoms with Crippen molar-refractivity contribution in [3.05, 3.63) is 33.8 Å². The Kier molecular flexibility index (Phi) is 8.42. The van der Waals surface area contributed by atoms with Gasteiger partial charge in [0.2, 0.25) is 11.8 Å². The molecule has 0 spiro atoms. The van der Waals surface area contributed by atoms with Crippen LogP contribution in [0.1, 0.15) is 45.6 Å². The average molecular weight is 359 g/mol. The molecule has 1 unspecified atom stereocenters. The molecule has 1 atom stereocenters. The molecule has 0 saturated heterocycles. The minimum absolute atomic E-state index is 0.0577. The fourth-order valence-corrected chi connectivity index (χ4v) is 2.64. The van der Waals surface area contributed by atoms with Crippen LogP contribution < -0.4 is 5.32 Å². The van der Waals surface area contributed by atoms with E-state index in [0.29, 0.717) is 23.0 Å². The molecular formula is C17H24Cl2N2O2. The number of carbonyl (C=O) groups is 2. The van der Waals surface area contributed by atoms with Gasteiger partial charge in [0.05, 0.1) is 0 Å². The number of amides is 2. The molecule has 0 aliphatic carbocycles. The van der Waals surface area contributed by atoms with Crippen molar-refractivity contribution in [1.29, 1.82) is 0 Å². The summed E-state index contributed by atoms with van der Waals surface area (Å²) in [7, 11) is 0. The fraction of sp³-hybridized carbons (Fsp3) is 0.529. The minimum Gasteiger partial charge on any atom is -0.354 e. The summed E-state index contributed by atoms with van der Waals surface area (Å²) in [4.78, 5) is 26.2. The summed E-state index contributed by atoms with van der Waals surface area (Å²) >= 11 is 12.1. The molecule has 0 fully saturated rings. The van der Waals surface area contributed by atoms with E-state index in [4.69, 9.17) is 23.2 Å². The van der Waals surface area contributed by atoms with Gasteiger partial charge in [-0.05, 0) is 37.5 Å². The Bertz CT molecular complexity index is 549. The van der Waals surface area contributed by atoms with E-state index in [1.165, 1.54) is 0 Å². The quantitative estimate of drug-likeness (QED) is 0.762.